The highest BCUT2D eigenvalue weighted by molar-refractivity contribution is 7.98. The Morgan fingerprint density at radius 2 is 2.24 bits per heavy atom. The molecule has 0 radical (unpaired) electrons. The molecule has 2 rings (SSSR count). The number of amides is 2. The number of esters is 1. The van der Waals surface area contributed by atoms with Crippen LogP contribution in [-0.4, -0.2) is 49.5 Å². The van der Waals surface area contributed by atoms with Crippen molar-refractivity contribution in [2.45, 2.75) is 18.9 Å². The van der Waals surface area contributed by atoms with Crippen LogP contribution in [0.2, 0.25) is 5.02 Å². The monoisotopic (exact) mass is 384 g/mol. The van der Waals surface area contributed by atoms with Crippen molar-refractivity contribution in [2.24, 2.45) is 5.92 Å². The molecular formula is C17H21ClN2O4S. The van der Waals surface area contributed by atoms with E-state index in [1.807, 2.05) is 6.26 Å². The number of carbonyl (C=O) groups excluding carboxylic acids is 3. The molecule has 1 aromatic carbocycles. The molecule has 136 valence electrons. The van der Waals surface area contributed by atoms with Gasteiger partial charge in [0.25, 0.3) is 0 Å². The highest BCUT2D eigenvalue weighted by Gasteiger charge is 2.36. The molecule has 0 spiro atoms. The number of thioether (sulfide) groups is 1. The molecule has 2 atom stereocenters. The van der Waals surface area contributed by atoms with E-state index in [0.717, 1.165) is 5.75 Å². The fourth-order valence-corrected chi connectivity index (χ4v) is 3.35. The van der Waals surface area contributed by atoms with Gasteiger partial charge in [0.1, 0.15) is 6.04 Å². The van der Waals surface area contributed by atoms with Crippen LogP contribution in [0.5, 0.6) is 0 Å². The largest absolute Gasteiger partial charge is 0.467 e. The zero-order chi connectivity index (χ0) is 18.4. The molecule has 1 aliphatic rings. The van der Waals surface area contributed by atoms with E-state index in [9.17, 15) is 14.4 Å². The van der Waals surface area contributed by atoms with Crippen LogP contribution in [0, 0.1) is 5.92 Å². The van der Waals surface area contributed by atoms with Crippen LogP contribution in [0.1, 0.15) is 12.8 Å². The zero-order valence-electron chi connectivity index (χ0n) is 14.2. The van der Waals surface area contributed by atoms with Gasteiger partial charge in [0.15, 0.2) is 0 Å². The number of carbonyl (C=O) groups is 3. The van der Waals surface area contributed by atoms with Gasteiger partial charge < -0.3 is 15.0 Å². The minimum absolute atomic E-state index is 0.106. The minimum atomic E-state index is -0.694. The van der Waals surface area contributed by atoms with Crippen molar-refractivity contribution < 1.29 is 19.1 Å². The van der Waals surface area contributed by atoms with Crippen LogP contribution in [-0.2, 0) is 19.1 Å². The van der Waals surface area contributed by atoms with Crippen LogP contribution in [0.15, 0.2) is 24.3 Å². The zero-order valence-corrected chi connectivity index (χ0v) is 15.7. The molecule has 1 heterocycles. The van der Waals surface area contributed by atoms with Crippen LogP contribution in [0.3, 0.4) is 0 Å². The number of hydrogen-bond acceptors (Lipinski definition) is 5. The Labute approximate surface area is 156 Å². The Hall–Kier alpha value is -1.73. The Balaban J connectivity index is 2.02. The van der Waals surface area contributed by atoms with Crippen molar-refractivity contribution in [1.29, 1.82) is 0 Å². The standard InChI is InChI=1S/C17H21ClN2O4S/c1-24-17(23)14(6-7-25-2)19-16(22)11-8-15(21)20(10-11)13-5-3-4-12(18)9-13/h3-5,9,11,14H,6-8,10H2,1-2H3,(H,19,22)/t11?,14-/m1/s1. The molecule has 1 N–H and O–H groups in total. The van der Waals surface area contributed by atoms with Gasteiger partial charge in [-0.15, -0.1) is 0 Å². The summed E-state index contributed by atoms with van der Waals surface area (Å²) in [6, 6.07) is 6.26. The summed E-state index contributed by atoms with van der Waals surface area (Å²) in [5, 5.41) is 3.25. The van der Waals surface area contributed by atoms with E-state index in [1.165, 1.54) is 7.11 Å². The molecule has 2 amide bonds. The van der Waals surface area contributed by atoms with Gasteiger partial charge in [0.2, 0.25) is 11.8 Å². The maximum absolute atomic E-state index is 12.5. The third-order valence-electron chi connectivity index (χ3n) is 4.03. The Morgan fingerprint density at radius 3 is 2.88 bits per heavy atom. The van der Waals surface area contributed by atoms with Crippen LogP contribution >= 0.6 is 23.4 Å². The number of anilines is 1. The van der Waals surface area contributed by atoms with E-state index < -0.39 is 17.9 Å². The molecule has 0 bridgehead atoms. The number of rotatable bonds is 7. The van der Waals surface area contributed by atoms with Gasteiger partial charge in [-0.3, -0.25) is 9.59 Å². The smallest absolute Gasteiger partial charge is 0.328 e. The molecule has 0 aliphatic carbocycles. The summed E-state index contributed by atoms with van der Waals surface area (Å²) in [5.74, 6) is -0.708. The fourth-order valence-electron chi connectivity index (χ4n) is 2.69. The van der Waals surface area contributed by atoms with Crippen molar-refractivity contribution in [1.82, 2.24) is 5.32 Å². The predicted molar refractivity (Wildman–Crippen MR) is 98.9 cm³/mol. The topological polar surface area (TPSA) is 75.7 Å². The van der Waals surface area contributed by atoms with Crippen molar-refractivity contribution in [2.75, 3.05) is 30.6 Å². The maximum atomic E-state index is 12.5. The summed E-state index contributed by atoms with van der Waals surface area (Å²) in [4.78, 5) is 38.1. The molecule has 1 aromatic rings. The number of halogens is 1. The molecule has 1 saturated heterocycles. The second-order valence-corrected chi connectivity index (χ2v) is 7.17. The third kappa shape index (κ3) is 5.12. The van der Waals surface area contributed by atoms with Crippen molar-refractivity contribution in [3.8, 4) is 0 Å². The molecule has 1 fully saturated rings. The van der Waals surface area contributed by atoms with Crippen LogP contribution < -0.4 is 10.2 Å². The molecular weight excluding hydrogens is 364 g/mol. The molecule has 0 aromatic heterocycles. The van der Waals surface area contributed by atoms with Crippen LogP contribution in [0.25, 0.3) is 0 Å². The third-order valence-corrected chi connectivity index (χ3v) is 4.91. The maximum Gasteiger partial charge on any atom is 0.328 e. The van der Waals surface area contributed by atoms with Gasteiger partial charge in [-0.1, -0.05) is 17.7 Å². The minimum Gasteiger partial charge on any atom is -0.467 e. The highest BCUT2D eigenvalue weighted by atomic mass is 35.5. The van der Waals surface area contributed by atoms with E-state index in [-0.39, 0.29) is 24.8 Å². The fraction of sp³-hybridized carbons (Fsp3) is 0.471. The number of benzene rings is 1. The average molecular weight is 385 g/mol. The summed E-state index contributed by atoms with van der Waals surface area (Å²) in [6.07, 6.45) is 2.52. The lowest BCUT2D eigenvalue weighted by molar-refractivity contribution is -0.145. The number of methoxy groups -OCH3 is 1. The van der Waals surface area contributed by atoms with Crippen molar-refractivity contribution >= 4 is 46.8 Å². The number of nitrogens with one attached hydrogen (secondary N) is 1. The average Bonchev–Trinajstić information content (AvgIpc) is 2.99. The summed E-state index contributed by atoms with van der Waals surface area (Å²) >= 11 is 7.55. The van der Waals surface area contributed by atoms with Crippen molar-refractivity contribution in [3.05, 3.63) is 29.3 Å². The van der Waals surface area contributed by atoms with Gasteiger partial charge in [-0.25, -0.2) is 4.79 Å². The van der Waals surface area contributed by atoms with Gasteiger partial charge >= 0.3 is 5.97 Å². The number of hydrogen-bond donors (Lipinski definition) is 1. The molecule has 25 heavy (non-hydrogen) atoms. The second kappa shape index (κ2) is 9.10. The summed E-state index contributed by atoms with van der Waals surface area (Å²) < 4.78 is 4.74. The van der Waals surface area contributed by atoms with E-state index in [0.29, 0.717) is 17.1 Å². The molecule has 0 saturated carbocycles. The first-order valence-corrected chi connectivity index (χ1v) is 9.66. The first kappa shape index (κ1) is 19.6. The SMILES string of the molecule is COC(=O)[C@@H](CCSC)NC(=O)C1CC(=O)N(c2cccc(Cl)c2)C1. The number of ether oxygens (including phenoxy) is 1. The normalized spacial score (nSPS) is 18.1. The summed E-state index contributed by atoms with van der Waals surface area (Å²) in [5.41, 5.74) is 0.666. The van der Waals surface area contributed by atoms with E-state index >= 15 is 0 Å². The van der Waals surface area contributed by atoms with Crippen LogP contribution in [0.4, 0.5) is 5.69 Å². The molecule has 6 nitrogen and oxygen atoms in total. The van der Waals surface area contributed by atoms with Gasteiger partial charge in [0.05, 0.1) is 13.0 Å². The van der Waals surface area contributed by atoms with Crippen molar-refractivity contribution in [3.63, 3.8) is 0 Å². The molecule has 8 heteroatoms. The lowest BCUT2D eigenvalue weighted by atomic mass is 10.1. The lowest BCUT2D eigenvalue weighted by Crippen LogP contribution is -2.45. The molecule has 1 unspecified atom stereocenters. The quantitative estimate of drug-likeness (QED) is 0.728. The summed E-state index contributed by atoms with van der Waals surface area (Å²) in [6.45, 7) is 0.265. The molecule has 1 aliphatic heterocycles. The highest BCUT2D eigenvalue weighted by Crippen LogP contribution is 2.27. The predicted octanol–water partition coefficient (Wildman–Crippen LogP) is 2.10. The summed E-state index contributed by atoms with van der Waals surface area (Å²) in [7, 11) is 1.29. The van der Waals surface area contributed by atoms with E-state index in [1.54, 1.807) is 40.9 Å². The van der Waals surface area contributed by atoms with Gasteiger partial charge in [-0.05, 0) is 36.6 Å². The number of nitrogens with zero attached hydrogens (tertiary/aromatic N) is 1. The van der Waals surface area contributed by atoms with E-state index in [4.69, 9.17) is 16.3 Å². The van der Waals surface area contributed by atoms with E-state index in [2.05, 4.69) is 5.32 Å². The lowest BCUT2D eigenvalue weighted by Gasteiger charge is -2.19. The Kier molecular flexibility index (Phi) is 7.13. The Morgan fingerprint density at radius 1 is 1.48 bits per heavy atom. The first-order chi connectivity index (χ1) is 12.0. The van der Waals surface area contributed by atoms with Gasteiger partial charge in [0, 0.05) is 23.7 Å². The first-order valence-electron chi connectivity index (χ1n) is 7.89. The van der Waals surface area contributed by atoms with Gasteiger partial charge in [-0.2, -0.15) is 11.8 Å². The second-order valence-electron chi connectivity index (χ2n) is 5.75. The Bertz CT molecular complexity index is 655.